The van der Waals surface area contributed by atoms with Crippen LogP contribution in [0.4, 0.5) is 0 Å². The molecular weight excluding hydrogens is 703 g/mol. The summed E-state index contributed by atoms with van der Waals surface area (Å²) in [6.07, 6.45) is 0. The van der Waals surface area contributed by atoms with Crippen LogP contribution in [-0.4, -0.2) is 0 Å². The Morgan fingerprint density at radius 1 is 0.246 bits per heavy atom. The van der Waals surface area contributed by atoms with Gasteiger partial charge in [0.15, 0.2) is 0 Å². The van der Waals surface area contributed by atoms with Crippen LogP contribution in [0, 0.1) is 0 Å². The SMILES string of the molecule is c1ccc(C[NH2+]Cc2ccc(OCc3cc(COc4ccc(C[NH2+]Cc5ccccc5)cc4)cc(COc4ccc(C[NH2+]Cc5ccccc5)cc4)c3)cc2)cc1. The highest BCUT2D eigenvalue weighted by Crippen LogP contribution is 2.21. The maximum absolute atomic E-state index is 6.31. The summed E-state index contributed by atoms with van der Waals surface area (Å²) in [7, 11) is 0. The van der Waals surface area contributed by atoms with Crippen LogP contribution in [0.15, 0.2) is 182 Å². The minimum atomic E-state index is 0.447. The average molecular weight is 757 g/mol. The number of ether oxygens (including phenoxy) is 3. The van der Waals surface area contributed by atoms with Gasteiger partial charge in [-0.3, -0.25) is 0 Å². The Hall–Kier alpha value is -6.18. The molecule has 0 unspecified atom stereocenters. The Morgan fingerprint density at radius 3 is 0.719 bits per heavy atom. The van der Waals surface area contributed by atoms with Crippen molar-refractivity contribution in [2.75, 3.05) is 0 Å². The third kappa shape index (κ3) is 13.2. The number of hydrogen-bond donors (Lipinski definition) is 3. The molecule has 6 N–H and O–H groups in total. The molecule has 0 fully saturated rings. The molecule has 0 bridgehead atoms. The quantitative estimate of drug-likeness (QED) is 0.0726. The van der Waals surface area contributed by atoms with Gasteiger partial charge in [0.25, 0.3) is 0 Å². The number of nitrogens with two attached hydrogens (primary N) is 3. The van der Waals surface area contributed by atoms with E-state index in [0.29, 0.717) is 19.8 Å². The summed E-state index contributed by atoms with van der Waals surface area (Å²) < 4.78 is 18.9. The van der Waals surface area contributed by atoms with Gasteiger partial charge in [0.05, 0.1) is 0 Å². The van der Waals surface area contributed by atoms with Gasteiger partial charge in [-0.25, -0.2) is 0 Å². The third-order valence-corrected chi connectivity index (χ3v) is 9.91. The molecule has 57 heavy (non-hydrogen) atoms. The number of rotatable bonds is 21. The minimum absolute atomic E-state index is 0.447. The van der Waals surface area contributed by atoms with Gasteiger partial charge in [-0.15, -0.1) is 0 Å². The lowest BCUT2D eigenvalue weighted by Crippen LogP contribution is -2.80. The van der Waals surface area contributed by atoms with Crippen LogP contribution in [0.3, 0.4) is 0 Å². The van der Waals surface area contributed by atoms with E-state index < -0.39 is 0 Å². The van der Waals surface area contributed by atoms with Crippen molar-refractivity contribution in [1.29, 1.82) is 0 Å². The van der Waals surface area contributed by atoms with Crippen molar-refractivity contribution in [1.82, 2.24) is 0 Å². The lowest BCUT2D eigenvalue weighted by atomic mass is 10.1. The number of hydrogen-bond acceptors (Lipinski definition) is 3. The molecule has 0 aliphatic rings. The van der Waals surface area contributed by atoms with E-state index in [1.165, 1.54) is 33.4 Å². The van der Waals surface area contributed by atoms with E-state index >= 15 is 0 Å². The van der Waals surface area contributed by atoms with Crippen molar-refractivity contribution in [3.05, 3.63) is 232 Å². The first-order valence-electron chi connectivity index (χ1n) is 20.0. The van der Waals surface area contributed by atoms with Crippen LogP contribution in [0.2, 0.25) is 0 Å². The molecule has 0 aromatic heterocycles. The second-order valence-electron chi connectivity index (χ2n) is 14.5. The van der Waals surface area contributed by atoms with E-state index in [9.17, 15) is 0 Å². The Kier molecular flexibility index (Phi) is 14.5. The molecule has 0 aliphatic carbocycles. The van der Waals surface area contributed by atoms with Crippen molar-refractivity contribution in [2.45, 2.75) is 59.1 Å². The molecule has 0 spiro atoms. The molecule has 0 heterocycles. The van der Waals surface area contributed by atoms with Gasteiger partial charge in [-0.1, -0.05) is 91.0 Å². The average Bonchev–Trinajstić information content (AvgIpc) is 3.27. The standard InChI is InChI=1S/C51H51N3O3/c1-4-10-40(11-5-1)31-52-34-43-16-22-49(23-17-43)55-37-46-28-47(38-56-50-24-18-44(19-25-50)35-53-32-41-12-6-2-7-13-41)30-48(29-46)39-57-51-26-20-45(21-27-51)36-54-33-42-14-8-3-9-15-42/h1-30,52-54H,31-39H2/p+3. The van der Waals surface area contributed by atoms with Crippen LogP contribution < -0.4 is 30.2 Å². The van der Waals surface area contributed by atoms with Crippen molar-refractivity contribution in [3.63, 3.8) is 0 Å². The largest absolute Gasteiger partial charge is 0.489 e. The summed E-state index contributed by atoms with van der Waals surface area (Å²) in [6.45, 7) is 6.99. The maximum Gasteiger partial charge on any atom is 0.119 e. The van der Waals surface area contributed by atoms with E-state index in [1.807, 2.05) is 0 Å². The van der Waals surface area contributed by atoms with E-state index in [1.54, 1.807) is 0 Å². The topological polar surface area (TPSA) is 77.5 Å². The fourth-order valence-electron chi connectivity index (χ4n) is 6.81. The molecule has 0 saturated carbocycles. The van der Waals surface area contributed by atoms with E-state index in [-0.39, 0.29) is 0 Å². The second kappa shape index (κ2) is 21.2. The van der Waals surface area contributed by atoms with Gasteiger partial charge in [-0.2, -0.15) is 0 Å². The molecule has 0 radical (unpaired) electrons. The first-order valence-corrected chi connectivity index (χ1v) is 20.0. The fraction of sp³-hybridized carbons (Fsp3) is 0.176. The molecule has 0 atom stereocenters. The minimum Gasteiger partial charge on any atom is -0.489 e. The highest BCUT2D eigenvalue weighted by molar-refractivity contribution is 5.34. The maximum atomic E-state index is 6.31. The summed E-state index contributed by atoms with van der Waals surface area (Å²) in [5.41, 5.74) is 11.0. The summed E-state index contributed by atoms with van der Waals surface area (Å²) >= 11 is 0. The van der Waals surface area contributed by atoms with E-state index in [0.717, 1.165) is 73.2 Å². The summed E-state index contributed by atoms with van der Waals surface area (Å²) in [6, 6.07) is 63.5. The number of quaternary nitrogens is 3. The molecule has 7 aromatic rings. The fourth-order valence-corrected chi connectivity index (χ4v) is 6.81. The van der Waals surface area contributed by atoms with Crippen LogP contribution in [-0.2, 0) is 59.1 Å². The molecule has 7 rings (SSSR count). The summed E-state index contributed by atoms with van der Waals surface area (Å²) in [5, 5.41) is 6.97. The van der Waals surface area contributed by atoms with Gasteiger partial charge < -0.3 is 30.2 Å². The zero-order chi connectivity index (χ0) is 38.7. The molecule has 7 aromatic carbocycles. The van der Waals surface area contributed by atoms with Crippen molar-refractivity contribution < 1.29 is 30.2 Å². The molecule has 0 amide bonds. The molecule has 288 valence electrons. The highest BCUT2D eigenvalue weighted by atomic mass is 16.5. The zero-order valence-electron chi connectivity index (χ0n) is 32.6. The first-order chi connectivity index (χ1) is 28.2. The molecule has 6 heteroatoms. The van der Waals surface area contributed by atoms with Gasteiger partial charge in [0.2, 0.25) is 0 Å². The summed E-state index contributed by atoms with van der Waals surface area (Å²) in [4.78, 5) is 0. The number of benzene rings is 7. The van der Waals surface area contributed by atoms with Crippen molar-refractivity contribution in [3.8, 4) is 17.2 Å². The van der Waals surface area contributed by atoms with Crippen LogP contribution >= 0.6 is 0 Å². The van der Waals surface area contributed by atoms with Gasteiger partial charge in [0.1, 0.15) is 76.3 Å². The molecule has 0 aliphatic heterocycles. The Bertz CT molecular complexity index is 1930. The normalized spacial score (nSPS) is 10.9. The third-order valence-electron chi connectivity index (χ3n) is 9.91. The van der Waals surface area contributed by atoms with Crippen molar-refractivity contribution >= 4 is 0 Å². The summed E-state index contributed by atoms with van der Waals surface area (Å²) in [5.74, 6) is 2.55. The predicted molar refractivity (Wildman–Crippen MR) is 226 cm³/mol. The monoisotopic (exact) mass is 756 g/mol. The van der Waals surface area contributed by atoms with Crippen LogP contribution in [0.1, 0.15) is 50.1 Å². The predicted octanol–water partition coefficient (Wildman–Crippen LogP) is 7.21. The van der Waals surface area contributed by atoms with E-state index in [2.05, 4.69) is 198 Å². The van der Waals surface area contributed by atoms with Crippen LogP contribution in [0.5, 0.6) is 17.2 Å². The second-order valence-corrected chi connectivity index (χ2v) is 14.5. The Balaban J connectivity index is 0.943. The zero-order valence-corrected chi connectivity index (χ0v) is 32.6. The highest BCUT2D eigenvalue weighted by Gasteiger charge is 2.08. The van der Waals surface area contributed by atoms with Gasteiger partial charge in [0, 0.05) is 33.4 Å². The Morgan fingerprint density at radius 2 is 0.474 bits per heavy atom. The molecule has 6 nitrogen and oxygen atoms in total. The van der Waals surface area contributed by atoms with Gasteiger partial charge >= 0.3 is 0 Å². The van der Waals surface area contributed by atoms with Crippen molar-refractivity contribution in [2.24, 2.45) is 0 Å². The smallest absolute Gasteiger partial charge is 0.119 e. The van der Waals surface area contributed by atoms with Gasteiger partial charge in [-0.05, 0) is 108 Å². The lowest BCUT2D eigenvalue weighted by molar-refractivity contribution is -0.686. The molecular formula is C51H54N3O3+3. The Labute approximate surface area is 337 Å². The van der Waals surface area contributed by atoms with E-state index in [4.69, 9.17) is 14.2 Å². The first kappa shape index (κ1) is 39.1. The lowest BCUT2D eigenvalue weighted by Gasteiger charge is -2.14. The van der Waals surface area contributed by atoms with Crippen LogP contribution in [0.25, 0.3) is 0 Å². The molecule has 0 saturated heterocycles.